The Morgan fingerprint density at radius 1 is 1.31 bits per heavy atom. The summed E-state index contributed by atoms with van der Waals surface area (Å²) < 4.78 is 0. The van der Waals surface area contributed by atoms with E-state index in [0.29, 0.717) is 0 Å². The third-order valence-corrected chi connectivity index (χ3v) is 1.90. The molecule has 0 unspecified atom stereocenters. The van der Waals surface area contributed by atoms with Gasteiger partial charge in [0.2, 0.25) is 0 Å². The molecule has 0 aliphatic carbocycles. The molecule has 1 N–H and O–H groups in total. The first-order chi connectivity index (χ1) is 6.00. The standard InChI is InChI=1S/C9H18N2O2/c1-9(2,3)8(12)13-11-6-4-10-5-7-11/h10H,4-7H2,1-3H3. The van der Waals surface area contributed by atoms with E-state index < -0.39 is 5.41 Å². The van der Waals surface area contributed by atoms with Crippen molar-refractivity contribution in [3.63, 3.8) is 0 Å². The van der Waals surface area contributed by atoms with E-state index in [1.807, 2.05) is 20.8 Å². The highest BCUT2D eigenvalue weighted by Gasteiger charge is 2.26. The molecule has 1 fully saturated rings. The van der Waals surface area contributed by atoms with Crippen molar-refractivity contribution in [2.45, 2.75) is 20.8 Å². The molecule has 76 valence electrons. The van der Waals surface area contributed by atoms with Crippen LogP contribution in [-0.2, 0) is 9.63 Å². The number of rotatable bonds is 1. The second kappa shape index (κ2) is 4.07. The molecule has 4 nitrogen and oxygen atoms in total. The van der Waals surface area contributed by atoms with Crippen LogP contribution in [0.15, 0.2) is 0 Å². The van der Waals surface area contributed by atoms with Crippen molar-refractivity contribution in [3.05, 3.63) is 0 Å². The maximum absolute atomic E-state index is 11.4. The third kappa shape index (κ3) is 3.32. The van der Waals surface area contributed by atoms with Gasteiger partial charge in [0, 0.05) is 26.2 Å². The molecule has 0 bridgehead atoms. The number of carbonyl (C=O) groups is 1. The number of nitrogens with zero attached hydrogens (tertiary/aromatic N) is 1. The zero-order valence-corrected chi connectivity index (χ0v) is 8.59. The van der Waals surface area contributed by atoms with Crippen molar-refractivity contribution in [2.75, 3.05) is 26.2 Å². The summed E-state index contributed by atoms with van der Waals surface area (Å²) in [5.74, 6) is -0.158. The molecule has 0 radical (unpaired) electrons. The summed E-state index contributed by atoms with van der Waals surface area (Å²) in [6.45, 7) is 8.91. The summed E-state index contributed by atoms with van der Waals surface area (Å²) in [7, 11) is 0. The van der Waals surface area contributed by atoms with E-state index in [1.165, 1.54) is 0 Å². The molecule has 1 saturated heterocycles. The van der Waals surface area contributed by atoms with Gasteiger partial charge in [0.15, 0.2) is 0 Å². The minimum Gasteiger partial charge on any atom is -0.367 e. The number of nitrogens with one attached hydrogen (secondary N) is 1. The maximum atomic E-state index is 11.4. The van der Waals surface area contributed by atoms with E-state index in [1.54, 1.807) is 5.06 Å². The van der Waals surface area contributed by atoms with Crippen LogP contribution in [0.4, 0.5) is 0 Å². The first-order valence-electron chi connectivity index (χ1n) is 4.68. The Labute approximate surface area is 79.2 Å². The zero-order valence-electron chi connectivity index (χ0n) is 8.59. The number of hydrogen-bond acceptors (Lipinski definition) is 4. The van der Waals surface area contributed by atoms with Gasteiger partial charge in [0.1, 0.15) is 0 Å². The van der Waals surface area contributed by atoms with Gasteiger partial charge >= 0.3 is 5.97 Å². The fourth-order valence-electron chi connectivity index (χ4n) is 0.990. The lowest BCUT2D eigenvalue weighted by Crippen LogP contribution is -2.45. The smallest absolute Gasteiger partial charge is 0.330 e. The highest BCUT2D eigenvalue weighted by molar-refractivity contribution is 5.75. The largest absolute Gasteiger partial charge is 0.367 e. The molecular weight excluding hydrogens is 168 g/mol. The molecular formula is C9H18N2O2. The SMILES string of the molecule is CC(C)(C)C(=O)ON1CCNCC1. The molecule has 0 saturated carbocycles. The van der Waals surface area contributed by atoms with Crippen LogP contribution in [0, 0.1) is 5.41 Å². The van der Waals surface area contributed by atoms with E-state index in [9.17, 15) is 4.79 Å². The first kappa shape index (κ1) is 10.5. The minimum absolute atomic E-state index is 0.158. The van der Waals surface area contributed by atoms with Crippen LogP contribution in [0.25, 0.3) is 0 Å². The molecule has 0 amide bonds. The van der Waals surface area contributed by atoms with Crippen LogP contribution in [0.5, 0.6) is 0 Å². The molecule has 0 aromatic heterocycles. The summed E-state index contributed by atoms with van der Waals surface area (Å²) in [5.41, 5.74) is -0.412. The Balaban J connectivity index is 2.35. The highest BCUT2D eigenvalue weighted by atomic mass is 16.7. The average Bonchev–Trinajstić information content (AvgIpc) is 2.04. The Kier molecular flexibility index (Phi) is 3.27. The molecule has 0 spiro atoms. The maximum Gasteiger partial charge on any atom is 0.330 e. The van der Waals surface area contributed by atoms with Crippen molar-refractivity contribution in [3.8, 4) is 0 Å². The minimum atomic E-state index is -0.412. The summed E-state index contributed by atoms with van der Waals surface area (Å²) in [4.78, 5) is 16.7. The van der Waals surface area contributed by atoms with Crippen molar-refractivity contribution in [1.82, 2.24) is 10.4 Å². The second-order valence-corrected chi connectivity index (χ2v) is 4.31. The first-order valence-corrected chi connectivity index (χ1v) is 4.68. The van der Waals surface area contributed by atoms with Gasteiger partial charge in [-0.2, -0.15) is 0 Å². The van der Waals surface area contributed by atoms with Gasteiger partial charge in [-0.3, -0.25) is 0 Å². The lowest BCUT2D eigenvalue weighted by Gasteiger charge is -2.28. The van der Waals surface area contributed by atoms with Crippen LogP contribution < -0.4 is 5.32 Å². The lowest BCUT2D eigenvalue weighted by molar-refractivity contribution is -0.202. The quantitative estimate of drug-likeness (QED) is 0.643. The summed E-state index contributed by atoms with van der Waals surface area (Å²) >= 11 is 0. The van der Waals surface area contributed by atoms with E-state index in [4.69, 9.17) is 4.84 Å². The van der Waals surface area contributed by atoms with E-state index >= 15 is 0 Å². The molecule has 0 aromatic carbocycles. The van der Waals surface area contributed by atoms with E-state index in [-0.39, 0.29) is 5.97 Å². The predicted octanol–water partition coefficient (Wildman–Crippen LogP) is 0.396. The molecule has 1 rings (SSSR count). The zero-order chi connectivity index (χ0) is 9.90. The number of carbonyl (C=O) groups excluding carboxylic acids is 1. The highest BCUT2D eigenvalue weighted by Crippen LogP contribution is 2.16. The fourth-order valence-corrected chi connectivity index (χ4v) is 0.990. The van der Waals surface area contributed by atoms with E-state index in [0.717, 1.165) is 26.2 Å². The van der Waals surface area contributed by atoms with Crippen molar-refractivity contribution in [2.24, 2.45) is 5.41 Å². The van der Waals surface area contributed by atoms with Gasteiger partial charge in [-0.25, -0.2) is 4.79 Å². The molecule has 0 atom stereocenters. The summed E-state index contributed by atoms with van der Waals surface area (Å²) in [6, 6.07) is 0. The number of hydrogen-bond donors (Lipinski definition) is 1. The topological polar surface area (TPSA) is 41.6 Å². The molecule has 0 aromatic rings. The molecule has 1 aliphatic heterocycles. The predicted molar refractivity (Wildman–Crippen MR) is 50.0 cm³/mol. The van der Waals surface area contributed by atoms with Crippen molar-refractivity contribution in [1.29, 1.82) is 0 Å². The number of hydroxylamine groups is 2. The van der Waals surface area contributed by atoms with Crippen LogP contribution in [0.3, 0.4) is 0 Å². The molecule has 4 heteroatoms. The van der Waals surface area contributed by atoms with Gasteiger partial charge in [0.05, 0.1) is 5.41 Å². The Morgan fingerprint density at radius 3 is 2.31 bits per heavy atom. The second-order valence-electron chi connectivity index (χ2n) is 4.31. The van der Waals surface area contributed by atoms with Gasteiger partial charge in [-0.1, -0.05) is 0 Å². The Morgan fingerprint density at radius 2 is 1.85 bits per heavy atom. The van der Waals surface area contributed by atoms with Gasteiger partial charge in [0.25, 0.3) is 0 Å². The summed E-state index contributed by atoms with van der Waals surface area (Å²) in [6.07, 6.45) is 0. The van der Waals surface area contributed by atoms with Crippen LogP contribution in [-0.4, -0.2) is 37.2 Å². The fraction of sp³-hybridized carbons (Fsp3) is 0.889. The average molecular weight is 186 g/mol. The summed E-state index contributed by atoms with van der Waals surface area (Å²) in [5, 5.41) is 4.92. The molecule has 1 heterocycles. The number of piperazine rings is 1. The monoisotopic (exact) mass is 186 g/mol. The van der Waals surface area contributed by atoms with Crippen LogP contribution in [0.1, 0.15) is 20.8 Å². The normalized spacial score (nSPS) is 19.9. The van der Waals surface area contributed by atoms with Crippen LogP contribution in [0.2, 0.25) is 0 Å². The van der Waals surface area contributed by atoms with Gasteiger partial charge < -0.3 is 10.2 Å². The van der Waals surface area contributed by atoms with Crippen LogP contribution >= 0.6 is 0 Å². The van der Waals surface area contributed by atoms with Gasteiger partial charge in [-0.05, 0) is 20.8 Å². The van der Waals surface area contributed by atoms with Crippen molar-refractivity contribution >= 4 is 5.97 Å². The van der Waals surface area contributed by atoms with E-state index in [2.05, 4.69) is 5.32 Å². The Hall–Kier alpha value is -0.610. The molecule has 1 aliphatic rings. The van der Waals surface area contributed by atoms with Gasteiger partial charge in [-0.15, -0.1) is 5.06 Å². The third-order valence-electron chi connectivity index (χ3n) is 1.90. The van der Waals surface area contributed by atoms with Crippen molar-refractivity contribution < 1.29 is 9.63 Å². The molecule has 13 heavy (non-hydrogen) atoms. The Bertz CT molecular complexity index is 181. The lowest BCUT2D eigenvalue weighted by atomic mass is 9.98.